The Balaban J connectivity index is 2.91. The molecule has 0 saturated heterocycles. The third-order valence-corrected chi connectivity index (χ3v) is 3.25. The fourth-order valence-electron chi connectivity index (χ4n) is 1.39. The van der Waals surface area contributed by atoms with Gasteiger partial charge in [0.05, 0.1) is 0 Å². The number of amides is 1. The van der Waals surface area contributed by atoms with Crippen LogP contribution in [0.4, 0.5) is 8.78 Å². The third-order valence-electron chi connectivity index (χ3n) is 2.34. The number of sulfonamides is 1. The smallest absolute Gasteiger partial charge is 0.257 e. The van der Waals surface area contributed by atoms with Crippen molar-refractivity contribution in [2.75, 3.05) is 13.2 Å². The van der Waals surface area contributed by atoms with Crippen LogP contribution in [-0.4, -0.2) is 27.5 Å². The number of primary sulfonamides is 1. The highest BCUT2D eigenvalue weighted by molar-refractivity contribution is 7.89. The van der Waals surface area contributed by atoms with E-state index in [0.29, 0.717) is 18.7 Å². The van der Waals surface area contributed by atoms with Crippen LogP contribution in [0.3, 0.4) is 0 Å². The van der Waals surface area contributed by atoms with Crippen molar-refractivity contribution < 1.29 is 26.7 Å². The second-order valence-corrected chi connectivity index (χ2v) is 6.28. The third kappa shape index (κ3) is 5.27. The van der Waals surface area contributed by atoms with Crippen molar-refractivity contribution in [1.29, 1.82) is 0 Å². The summed E-state index contributed by atoms with van der Waals surface area (Å²) in [5.41, 5.74) is 0. The first-order valence-electron chi connectivity index (χ1n) is 6.02. The van der Waals surface area contributed by atoms with Gasteiger partial charge in [-0.2, -0.15) is 0 Å². The quantitative estimate of drug-likeness (QED) is 0.808. The van der Waals surface area contributed by atoms with Gasteiger partial charge in [0, 0.05) is 12.6 Å². The number of carbonyl (C=O) groups excluding carboxylic acids is 1. The van der Waals surface area contributed by atoms with Crippen LogP contribution in [0.5, 0.6) is 5.75 Å². The van der Waals surface area contributed by atoms with Crippen LogP contribution in [0.25, 0.3) is 0 Å². The molecule has 9 heteroatoms. The van der Waals surface area contributed by atoms with Crippen LogP contribution < -0.4 is 15.2 Å². The Kier molecular flexibility index (Phi) is 5.62. The highest BCUT2D eigenvalue weighted by atomic mass is 32.2. The minimum Gasteiger partial charge on any atom is -0.479 e. The Bertz CT molecular complexity index is 632. The number of benzene rings is 1. The molecule has 0 spiro atoms. The number of nitrogens with one attached hydrogen (secondary N) is 1. The lowest BCUT2D eigenvalue weighted by Crippen LogP contribution is -2.32. The molecular formula is C12H16F2N2O4S. The molecule has 0 radical (unpaired) electrons. The second kappa shape index (κ2) is 6.81. The Morgan fingerprint density at radius 3 is 2.52 bits per heavy atom. The molecule has 0 atom stereocenters. The molecule has 1 rings (SSSR count). The maximum atomic E-state index is 13.6. The first-order chi connectivity index (χ1) is 9.61. The molecule has 0 heterocycles. The van der Waals surface area contributed by atoms with E-state index in [9.17, 15) is 22.0 Å². The maximum Gasteiger partial charge on any atom is 0.257 e. The summed E-state index contributed by atoms with van der Waals surface area (Å²) in [4.78, 5) is 10.6. The van der Waals surface area contributed by atoms with Crippen LogP contribution in [0.15, 0.2) is 17.0 Å². The highest BCUT2D eigenvalue weighted by Gasteiger charge is 2.22. The zero-order valence-corrected chi connectivity index (χ0v) is 12.3. The molecule has 0 aliphatic carbocycles. The van der Waals surface area contributed by atoms with Gasteiger partial charge in [-0.3, -0.25) is 4.79 Å². The molecule has 0 bridgehead atoms. The topological polar surface area (TPSA) is 98.5 Å². The normalized spacial score (nSPS) is 11.5. The minimum absolute atomic E-state index is 0.205. The van der Waals surface area contributed by atoms with Crippen molar-refractivity contribution in [1.82, 2.24) is 5.32 Å². The van der Waals surface area contributed by atoms with Crippen LogP contribution >= 0.6 is 0 Å². The lowest BCUT2D eigenvalue weighted by atomic mass is 10.2. The SMILES string of the molecule is CC(C)CNC(=O)COc1c(F)cc(F)cc1S(N)(=O)=O. The van der Waals surface area contributed by atoms with E-state index in [1.807, 2.05) is 13.8 Å². The molecule has 0 aromatic heterocycles. The second-order valence-electron chi connectivity index (χ2n) is 4.75. The van der Waals surface area contributed by atoms with Gasteiger partial charge in [-0.1, -0.05) is 13.8 Å². The van der Waals surface area contributed by atoms with Crippen molar-refractivity contribution >= 4 is 15.9 Å². The molecule has 1 amide bonds. The summed E-state index contributed by atoms with van der Waals surface area (Å²) in [6, 6.07) is 0.968. The van der Waals surface area contributed by atoms with E-state index in [-0.39, 0.29) is 5.92 Å². The van der Waals surface area contributed by atoms with E-state index in [1.165, 1.54) is 0 Å². The van der Waals surface area contributed by atoms with Gasteiger partial charge in [-0.25, -0.2) is 22.3 Å². The molecular weight excluding hydrogens is 306 g/mol. The summed E-state index contributed by atoms with van der Waals surface area (Å²) in [5.74, 6) is -3.51. The fourth-order valence-corrected chi connectivity index (χ4v) is 2.09. The summed E-state index contributed by atoms with van der Waals surface area (Å²) >= 11 is 0. The van der Waals surface area contributed by atoms with Gasteiger partial charge in [0.2, 0.25) is 10.0 Å². The van der Waals surface area contributed by atoms with Crippen LogP contribution in [0.1, 0.15) is 13.8 Å². The van der Waals surface area contributed by atoms with Gasteiger partial charge < -0.3 is 10.1 Å². The molecule has 118 valence electrons. The van der Waals surface area contributed by atoms with Gasteiger partial charge in [0.1, 0.15) is 10.7 Å². The molecule has 1 aromatic carbocycles. The summed E-state index contributed by atoms with van der Waals surface area (Å²) in [6.45, 7) is 3.52. The Morgan fingerprint density at radius 1 is 1.38 bits per heavy atom. The van der Waals surface area contributed by atoms with Gasteiger partial charge in [0.15, 0.2) is 18.2 Å². The Labute approximate surface area is 121 Å². The Morgan fingerprint density at radius 2 is 2.00 bits per heavy atom. The van der Waals surface area contributed by atoms with Crippen LogP contribution in [-0.2, 0) is 14.8 Å². The summed E-state index contributed by atoms with van der Waals surface area (Å²) in [5, 5.41) is 7.36. The average molecular weight is 322 g/mol. The molecule has 0 unspecified atom stereocenters. The number of halogens is 2. The number of carbonyl (C=O) groups is 1. The van der Waals surface area contributed by atoms with E-state index in [4.69, 9.17) is 9.88 Å². The number of ether oxygens (including phenoxy) is 1. The van der Waals surface area contributed by atoms with Crippen LogP contribution in [0.2, 0.25) is 0 Å². The summed E-state index contributed by atoms with van der Waals surface area (Å²) < 4.78 is 54.0. The molecule has 21 heavy (non-hydrogen) atoms. The number of nitrogens with two attached hydrogens (primary N) is 1. The lowest BCUT2D eigenvalue weighted by molar-refractivity contribution is -0.123. The van der Waals surface area contributed by atoms with E-state index < -0.39 is 44.8 Å². The molecule has 0 saturated carbocycles. The van der Waals surface area contributed by atoms with Crippen molar-refractivity contribution in [3.8, 4) is 5.75 Å². The fraction of sp³-hybridized carbons (Fsp3) is 0.417. The maximum absolute atomic E-state index is 13.6. The van der Waals surface area contributed by atoms with E-state index >= 15 is 0 Å². The first-order valence-corrected chi connectivity index (χ1v) is 7.57. The monoisotopic (exact) mass is 322 g/mol. The van der Waals surface area contributed by atoms with E-state index in [1.54, 1.807) is 0 Å². The molecule has 0 aliphatic heterocycles. The lowest BCUT2D eigenvalue weighted by Gasteiger charge is -2.12. The van der Waals surface area contributed by atoms with Gasteiger partial charge in [-0.15, -0.1) is 0 Å². The molecule has 6 nitrogen and oxygen atoms in total. The van der Waals surface area contributed by atoms with Gasteiger partial charge in [-0.05, 0) is 12.0 Å². The van der Waals surface area contributed by atoms with Gasteiger partial charge >= 0.3 is 0 Å². The van der Waals surface area contributed by atoms with E-state index in [0.717, 1.165) is 0 Å². The number of rotatable bonds is 6. The molecule has 0 fully saturated rings. The van der Waals surface area contributed by atoms with Crippen molar-refractivity contribution in [2.24, 2.45) is 11.1 Å². The first kappa shape index (κ1) is 17.3. The van der Waals surface area contributed by atoms with Crippen LogP contribution in [0, 0.1) is 17.6 Å². The number of hydrogen-bond acceptors (Lipinski definition) is 4. The van der Waals surface area contributed by atoms with Crippen molar-refractivity contribution in [3.05, 3.63) is 23.8 Å². The zero-order valence-electron chi connectivity index (χ0n) is 11.5. The van der Waals surface area contributed by atoms with Crippen molar-refractivity contribution in [3.63, 3.8) is 0 Å². The van der Waals surface area contributed by atoms with E-state index in [2.05, 4.69) is 5.32 Å². The van der Waals surface area contributed by atoms with Crippen molar-refractivity contribution in [2.45, 2.75) is 18.7 Å². The Hall–Kier alpha value is -1.74. The molecule has 3 N–H and O–H groups in total. The predicted octanol–water partition coefficient (Wildman–Crippen LogP) is 0.763. The standard InChI is InChI=1S/C12H16F2N2O4S/c1-7(2)5-16-11(17)6-20-12-9(14)3-8(13)4-10(12)21(15,18)19/h3-4,7H,5-6H2,1-2H3,(H,16,17)(H2,15,18,19). The summed E-state index contributed by atoms with van der Waals surface area (Å²) in [6.07, 6.45) is 0. The average Bonchev–Trinajstić information content (AvgIpc) is 2.33. The zero-order chi connectivity index (χ0) is 16.2. The molecule has 0 aliphatic rings. The predicted molar refractivity (Wildman–Crippen MR) is 71.1 cm³/mol. The minimum atomic E-state index is -4.39. The summed E-state index contributed by atoms with van der Waals surface area (Å²) in [7, 11) is -4.39. The molecule has 1 aromatic rings. The number of hydrogen-bond donors (Lipinski definition) is 2. The van der Waals surface area contributed by atoms with Gasteiger partial charge in [0.25, 0.3) is 5.91 Å². The largest absolute Gasteiger partial charge is 0.479 e. The highest BCUT2D eigenvalue weighted by Crippen LogP contribution is 2.27.